The van der Waals surface area contributed by atoms with Gasteiger partial charge in [0.25, 0.3) is 0 Å². The number of hydrogen-bond donors (Lipinski definition) is 0. The summed E-state index contributed by atoms with van der Waals surface area (Å²) in [6, 6.07) is 103. The summed E-state index contributed by atoms with van der Waals surface area (Å²) in [4.78, 5) is 43.4. The third kappa shape index (κ3) is 10.9. The minimum Gasteiger partial charge on any atom is -0.265 e. The molecule has 0 aliphatic carbocycles. The fourth-order valence-electron chi connectivity index (χ4n) is 13.2. The van der Waals surface area contributed by atoms with Crippen molar-refractivity contribution in [3.63, 3.8) is 0 Å². The Labute approximate surface area is 553 Å². The van der Waals surface area contributed by atoms with E-state index in [0.29, 0.717) is 0 Å². The van der Waals surface area contributed by atoms with Crippen LogP contribution in [0.2, 0.25) is 0 Å². The first-order valence-electron chi connectivity index (χ1n) is 32.0. The molecule has 0 bridgehead atoms. The van der Waals surface area contributed by atoms with Crippen LogP contribution in [-0.4, -0.2) is 44.9 Å². The summed E-state index contributed by atoms with van der Waals surface area (Å²) in [5.41, 5.74) is 24.0. The molecule has 0 aliphatic heterocycles. The van der Waals surface area contributed by atoms with Crippen LogP contribution in [0, 0.1) is 0 Å². The van der Waals surface area contributed by atoms with Crippen molar-refractivity contribution in [2.75, 3.05) is 0 Å². The lowest BCUT2D eigenvalue weighted by Crippen LogP contribution is -1.94. The predicted octanol–water partition coefficient (Wildman–Crippen LogP) is 21.5. The molecule has 9 heteroatoms. The van der Waals surface area contributed by atoms with E-state index in [1.165, 1.54) is 33.0 Å². The quantitative estimate of drug-likeness (QED) is 0.123. The van der Waals surface area contributed by atoms with E-state index in [1.807, 2.05) is 104 Å². The molecule has 9 aromatic heterocycles. The van der Waals surface area contributed by atoms with Gasteiger partial charge in [-0.2, -0.15) is 0 Å². The molecule has 0 radical (unpaired) electrons. The number of aromatic nitrogens is 9. The van der Waals surface area contributed by atoms with Gasteiger partial charge in [-0.05, 0) is 142 Å². The van der Waals surface area contributed by atoms with Crippen LogP contribution < -0.4 is 0 Å². The number of rotatable bonds is 10. The van der Waals surface area contributed by atoms with Gasteiger partial charge in [-0.1, -0.05) is 200 Å². The fraction of sp³-hybridized carbons (Fsp3) is 0. The first-order chi connectivity index (χ1) is 47.6. The summed E-state index contributed by atoms with van der Waals surface area (Å²) in [7, 11) is 0. The minimum atomic E-state index is 0.807. The highest BCUT2D eigenvalue weighted by Crippen LogP contribution is 2.43. The number of hydrogen-bond acceptors (Lipinski definition) is 9. The third-order valence-corrected chi connectivity index (χ3v) is 17.8. The van der Waals surface area contributed by atoms with Crippen molar-refractivity contribution in [1.82, 2.24) is 44.9 Å². The van der Waals surface area contributed by atoms with Gasteiger partial charge in [-0.15, -0.1) is 0 Å². The van der Waals surface area contributed by atoms with Gasteiger partial charge in [0.15, 0.2) is 0 Å². The van der Waals surface area contributed by atoms with Crippen molar-refractivity contribution in [3.8, 4) is 112 Å². The molecule has 0 N–H and O–H groups in total. The molecule has 0 fully saturated rings. The van der Waals surface area contributed by atoms with Gasteiger partial charge in [0.2, 0.25) is 0 Å². The molecule has 9 nitrogen and oxygen atoms in total. The highest BCUT2D eigenvalue weighted by molar-refractivity contribution is 6.19. The molecule has 18 aromatic rings. The average molecular weight is 1230 g/mol. The largest absolute Gasteiger partial charge is 0.265 e. The van der Waals surface area contributed by atoms with E-state index in [9.17, 15) is 0 Å². The van der Waals surface area contributed by atoms with Gasteiger partial charge in [0, 0.05) is 103 Å². The van der Waals surface area contributed by atoms with E-state index < -0.39 is 0 Å². The van der Waals surface area contributed by atoms with E-state index >= 15 is 0 Å². The smallest absolute Gasteiger partial charge is 0.0972 e. The lowest BCUT2D eigenvalue weighted by atomic mass is 9.91. The molecule has 0 saturated carbocycles. The zero-order valence-electron chi connectivity index (χ0n) is 51.8. The van der Waals surface area contributed by atoms with Crippen LogP contribution in [0.1, 0.15) is 0 Å². The van der Waals surface area contributed by atoms with Crippen LogP contribution in [0.3, 0.4) is 0 Å². The molecule has 448 valence electrons. The van der Waals surface area contributed by atoms with E-state index in [2.05, 4.69) is 238 Å². The second-order valence-corrected chi connectivity index (χ2v) is 23.6. The predicted molar refractivity (Wildman–Crippen MR) is 392 cm³/mol. The second-order valence-electron chi connectivity index (χ2n) is 23.6. The number of pyridine rings is 9. The van der Waals surface area contributed by atoms with Crippen LogP contribution in [0.25, 0.3) is 177 Å². The Kier molecular flexibility index (Phi) is 14.7. The fourth-order valence-corrected chi connectivity index (χ4v) is 13.2. The van der Waals surface area contributed by atoms with Gasteiger partial charge in [-0.3, -0.25) is 19.9 Å². The maximum Gasteiger partial charge on any atom is 0.0972 e. The Morgan fingerprint density at radius 3 is 1.09 bits per heavy atom. The molecule has 9 heterocycles. The van der Waals surface area contributed by atoms with Gasteiger partial charge < -0.3 is 0 Å². The summed E-state index contributed by atoms with van der Waals surface area (Å²) in [6.45, 7) is 0. The molecule has 0 aliphatic rings. The molecule has 0 atom stereocenters. The summed E-state index contributed by atoms with van der Waals surface area (Å²) in [6.07, 6.45) is 10.9. The maximum atomic E-state index is 5.25. The van der Waals surface area contributed by atoms with Crippen LogP contribution >= 0.6 is 0 Å². The van der Waals surface area contributed by atoms with Gasteiger partial charge in [-0.25, -0.2) is 24.9 Å². The molecular weight excluding hydrogens is 1170 g/mol. The number of nitrogens with zero attached hydrogens (tertiary/aromatic N) is 9. The Hall–Kier alpha value is -13.1. The zero-order chi connectivity index (χ0) is 63.7. The Balaban J connectivity index is 0.000000146. The Morgan fingerprint density at radius 1 is 0.198 bits per heavy atom. The van der Waals surface area contributed by atoms with Crippen LogP contribution in [0.5, 0.6) is 0 Å². The molecule has 9 aromatic carbocycles. The van der Waals surface area contributed by atoms with Crippen molar-refractivity contribution in [2.24, 2.45) is 0 Å². The Bertz CT molecular complexity index is 5850. The van der Waals surface area contributed by atoms with Gasteiger partial charge in [0.05, 0.1) is 67.6 Å². The first kappa shape index (κ1) is 56.8. The number of fused-ring (bicyclic) bond motifs is 9. The lowest BCUT2D eigenvalue weighted by molar-refractivity contribution is 1.22. The molecule has 0 saturated heterocycles. The normalized spacial score (nSPS) is 11.3. The van der Waals surface area contributed by atoms with E-state index in [-0.39, 0.29) is 0 Å². The van der Waals surface area contributed by atoms with Crippen LogP contribution in [-0.2, 0) is 0 Å². The van der Waals surface area contributed by atoms with Crippen molar-refractivity contribution in [1.29, 1.82) is 0 Å². The lowest BCUT2D eigenvalue weighted by Gasteiger charge is -2.15. The topological polar surface area (TPSA) is 116 Å². The first-order valence-corrected chi connectivity index (χ1v) is 32.0. The summed E-state index contributed by atoms with van der Waals surface area (Å²) < 4.78 is 0. The molecular formula is C87H55N9. The van der Waals surface area contributed by atoms with Crippen molar-refractivity contribution in [2.45, 2.75) is 0 Å². The van der Waals surface area contributed by atoms with E-state index in [1.54, 1.807) is 12.4 Å². The minimum absolute atomic E-state index is 0.807. The van der Waals surface area contributed by atoms with Crippen LogP contribution in [0.15, 0.2) is 334 Å². The van der Waals surface area contributed by atoms with E-state index in [0.717, 1.165) is 144 Å². The standard InChI is InChI=1S/C45H29N5.C42H26N4/c1-2-9-32(10-3-1)36-11-8-12-37-44(36)38-27-34(19-20-39(38)50-45(37)33-21-25-46-26-22-33)30-15-17-31(18-16-30)35-28-42(40-13-4-6-23-47-40)49-43(29-35)41-14-5-7-24-48-41;1-3-8-27(9-4-1)33-12-7-13-34-39(33)35-26-32(18-21-38(35)46-40(34)31-22-24-43-25-23-31)37-20-17-30-15-14-29-16-19-36(28-10-5-2-6-11-28)44-41(29)42(30)45-37/h1-29H;1-26H. The molecule has 18 rings (SSSR count). The van der Waals surface area contributed by atoms with Crippen LogP contribution in [0.4, 0.5) is 0 Å². The van der Waals surface area contributed by atoms with Gasteiger partial charge in [0.1, 0.15) is 0 Å². The third-order valence-electron chi connectivity index (χ3n) is 17.8. The molecule has 96 heavy (non-hydrogen) atoms. The monoisotopic (exact) mass is 1230 g/mol. The van der Waals surface area contributed by atoms with Crippen molar-refractivity contribution in [3.05, 3.63) is 334 Å². The molecule has 0 amide bonds. The summed E-state index contributed by atoms with van der Waals surface area (Å²) >= 11 is 0. The maximum absolute atomic E-state index is 5.25. The summed E-state index contributed by atoms with van der Waals surface area (Å²) in [5.74, 6) is 0. The SMILES string of the molecule is c1ccc(-c2ccc3ccc4ccc(-c5ccc6nc(-c7ccncc7)c7cccc(-c8ccccc8)c7c6c5)nc4c3n2)cc1.c1ccc(-c2cccc3c(-c4ccncc4)nc4ccc(-c5ccc(-c6cc(-c7ccccn7)nc(-c7ccccn7)c6)cc5)cc4c23)cc1. The molecule has 0 unspecified atom stereocenters. The zero-order valence-corrected chi connectivity index (χ0v) is 51.8. The highest BCUT2D eigenvalue weighted by Gasteiger charge is 2.20. The number of benzene rings is 9. The second kappa shape index (κ2) is 24.8. The average Bonchev–Trinajstić information content (AvgIpc) is 0.755. The van der Waals surface area contributed by atoms with E-state index in [4.69, 9.17) is 24.9 Å². The van der Waals surface area contributed by atoms with Crippen molar-refractivity contribution < 1.29 is 0 Å². The Morgan fingerprint density at radius 2 is 0.615 bits per heavy atom. The summed E-state index contributed by atoms with van der Waals surface area (Å²) in [5, 5.41) is 8.93. The molecule has 0 spiro atoms. The van der Waals surface area contributed by atoms with Gasteiger partial charge >= 0.3 is 0 Å². The van der Waals surface area contributed by atoms with Crippen molar-refractivity contribution >= 4 is 65.2 Å². The highest BCUT2D eigenvalue weighted by atomic mass is 14.8.